The van der Waals surface area contributed by atoms with Gasteiger partial charge in [0.15, 0.2) is 0 Å². The third kappa shape index (κ3) is 1.36. The minimum Gasteiger partial charge on any atom is -0.362 e. The van der Waals surface area contributed by atoms with Crippen molar-refractivity contribution in [1.29, 1.82) is 0 Å². The molecular weight excluding hydrogens is 124 g/mol. The molecule has 0 saturated carbocycles. The zero-order chi connectivity index (χ0) is 7.78. The molecule has 1 saturated heterocycles. The molecule has 1 N–H and O–H groups in total. The Balaban J connectivity index is 2.61. The SMILES string of the molecule is [B]C1CCC([B])(C)C(=O)N1. The predicted molar refractivity (Wildman–Crippen MR) is 41.0 cm³/mol. The van der Waals surface area contributed by atoms with Crippen LogP contribution in [0.3, 0.4) is 0 Å². The third-order valence-electron chi connectivity index (χ3n) is 1.81. The van der Waals surface area contributed by atoms with Gasteiger partial charge < -0.3 is 5.32 Å². The van der Waals surface area contributed by atoms with E-state index < -0.39 is 5.31 Å². The smallest absolute Gasteiger partial charge is 0.216 e. The average molecular weight is 133 g/mol. The van der Waals surface area contributed by atoms with Gasteiger partial charge in [-0.3, -0.25) is 4.79 Å². The fraction of sp³-hybridized carbons (Fsp3) is 0.833. The lowest BCUT2D eigenvalue weighted by atomic mass is 9.63. The van der Waals surface area contributed by atoms with Gasteiger partial charge in [0.1, 0.15) is 0 Å². The summed E-state index contributed by atoms with van der Waals surface area (Å²) in [6.07, 6.45) is 1.43. The summed E-state index contributed by atoms with van der Waals surface area (Å²) in [4.78, 5) is 11.0. The molecule has 0 spiro atoms. The van der Waals surface area contributed by atoms with E-state index in [0.717, 1.165) is 6.42 Å². The Bertz CT molecular complexity index is 158. The third-order valence-corrected chi connectivity index (χ3v) is 1.81. The summed E-state index contributed by atoms with van der Waals surface area (Å²) in [5.41, 5.74) is 0. The summed E-state index contributed by atoms with van der Waals surface area (Å²) in [7, 11) is 11.1. The molecule has 1 rings (SSSR count). The number of amides is 1. The summed E-state index contributed by atoms with van der Waals surface area (Å²) >= 11 is 0. The molecule has 2 unspecified atom stereocenters. The van der Waals surface area contributed by atoms with E-state index in [1.165, 1.54) is 0 Å². The standard InChI is InChI=1S/C6H9B2NO/c1-6(8)3-2-4(7)9-5(6)10/h4H,2-3H2,1H3,(H,9,10). The number of hydrogen-bond acceptors (Lipinski definition) is 1. The molecule has 2 atom stereocenters. The number of carbonyl (C=O) groups is 1. The highest BCUT2D eigenvalue weighted by Crippen LogP contribution is 2.30. The van der Waals surface area contributed by atoms with Crippen molar-refractivity contribution in [2.45, 2.75) is 31.0 Å². The lowest BCUT2D eigenvalue weighted by Crippen LogP contribution is -2.46. The number of carbonyl (C=O) groups excluding carboxylic acids is 1. The Hall–Kier alpha value is -0.400. The van der Waals surface area contributed by atoms with Crippen molar-refractivity contribution >= 4 is 21.6 Å². The second-order valence-corrected chi connectivity index (χ2v) is 3.04. The van der Waals surface area contributed by atoms with Crippen molar-refractivity contribution in [3.05, 3.63) is 0 Å². The van der Waals surface area contributed by atoms with Crippen LogP contribution < -0.4 is 5.32 Å². The van der Waals surface area contributed by atoms with Crippen LogP contribution in [0.4, 0.5) is 0 Å². The summed E-state index contributed by atoms with van der Waals surface area (Å²) in [5, 5.41) is 1.87. The van der Waals surface area contributed by atoms with Crippen molar-refractivity contribution in [2.24, 2.45) is 0 Å². The summed E-state index contributed by atoms with van der Waals surface area (Å²) < 4.78 is 0. The van der Waals surface area contributed by atoms with E-state index in [9.17, 15) is 4.79 Å². The maximum Gasteiger partial charge on any atom is 0.216 e. The van der Waals surface area contributed by atoms with E-state index in [-0.39, 0.29) is 11.8 Å². The fourth-order valence-electron chi connectivity index (χ4n) is 0.974. The number of hydrogen-bond donors (Lipinski definition) is 1. The average Bonchev–Trinajstić information content (AvgIpc) is 1.81. The maximum atomic E-state index is 11.0. The van der Waals surface area contributed by atoms with Gasteiger partial charge in [-0.25, -0.2) is 0 Å². The molecule has 50 valence electrons. The van der Waals surface area contributed by atoms with Crippen molar-refractivity contribution in [2.75, 3.05) is 0 Å². The number of piperidine rings is 1. The molecule has 0 aromatic carbocycles. The molecule has 0 aromatic heterocycles. The molecule has 1 amide bonds. The highest BCUT2D eigenvalue weighted by Gasteiger charge is 2.31. The van der Waals surface area contributed by atoms with E-state index in [1.807, 2.05) is 0 Å². The van der Waals surface area contributed by atoms with Gasteiger partial charge in [-0.15, -0.1) is 0 Å². The van der Waals surface area contributed by atoms with E-state index >= 15 is 0 Å². The minimum absolute atomic E-state index is 0.147. The molecule has 10 heavy (non-hydrogen) atoms. The lowest BCUT2D eigenvalue weighted by Gasteiger charge is -2.33. The van der Waals surface area contributed by atoms with Crippen LogP contribution in [0, 0.1) is 0 Å². The normalized spacial score (nSPS) is 40.9. The molecule has 0 aromatic rings. The summed E-state index contributed by atoms with van der Waals surface area (Å²) in [6, 6.07) is 0. The second-order valence-electron chi connectivity index (χ2n) is 3.04. The molecule has 0 aliphatic carbocycles. The fourth-order valence-corrected chi connectivity index (χ4v) is 0.974. The van der Waals surface area contributed by atoms with Crippen LogP contribution in [0.25, 0.3) is 0 Å². The lowest BCUT2D eigenvalue weighted by molar-refractivity contribution is -0.125. The van der Waals surface area contributed by atoms with E-state index in [0.29, 0.717) is 6.42 Å². The summed E-state index contributed by atoms with van der Waals surface area (Å²) in [6.45, 7) is 1.72. The predicted octanol–water partition coefficient (Wildman–Crippen LogP) is -0.262. The van der Waals surface area contributed by atoms with Crippen molar-refractivity contribution in [3.8, 4) is 0 Å². The molecule has 4 radical (unpaired) electrons. The molecule has 2 nitrogen and oxygen atoms in total. The first-order valence-corrected chi connectivity index (χ1v) is 3.38. The Labute approximate surface area is 63.6 Å². The van der Waals surface area contributed by atoms with Crippen LogP contribution in [0.5, 0.6) is 0 Å². The van der Waals surface area contributed by atoms with Crippen LogP contribution in [0.1, 0.15) is 19.8 Å². The van der Waals surface area contributed by atoms with Crippen LogP contribution in [-0.4, -0.2) is 27.5 Å². The van der Waals surface area contributed by atoms with Crippen LogP contribution >= 0.6 is 0 Å². The van der Waals surface area contributed by atoms with Crippen molar-refractivity contribution < 1.29 is 4.79 Å². The molecule has 4 heteroatoms. The first-order chi connectivity index (χ1) is 4.52. The van der Waals surface area contributed by atoms with E-state index in [2.05, 4.69) is 5.32 Å². The van der Waals surface area contributed by atoms with Crippen LogP contribution in [0.15, 0.2) is 0 Å². The largest absolute Gasteiger partial charge is 0.362 e. The van der Waals surface area contributed by atoms with Crippen LogP contribution in [-0.2, 0) is 4.79 Å². The van der Waals surface area contributed by atoms with Crippen LogP contribution in [0.2, 0.25) is 5.31 Å². The molecule has 0 bridgehead atoms. The monoisotopic (exact) mass is 133 g/mol. The Morgan fingerprint density at radius 3 is 2.80 bits per heavy atom. The van der Waals surface area contributed by atoms with Gasteiger partial charge in [-0.05, 0) is 18.8 Å². The second kappa shape index (κ2) is 2.33. The van der Waals surface area contributed by atoms with Crippen molar-refractivity contribution in [1.82, 2.24) is 5.32 Å². The topological polar surface area (TPSA) is 29.1 Å². The Morgan fingerprint density at radius 2 is 2.40 bits per heavy atom. The van der Waals surface area contributed by atoms with Crippen molar-refractivity contribution in [3.63, 3.8) is 0 Å². The Kier molecular flexibility index (Phi) is 1.80. The first-order valence-electron chi connectivity index (χ1n) is 3.38. The summed E-state index contributed by atoms with van der Waals surface area (Å²) in [5.74, 6) is -0.352. The molecule has 1 aliphatic rings. The minimum atomic E-state index is -0.712. The first kappa shape index (κ1) is 7.70. The zero-order valence-corrected chi connectivity index (χ0v) is 6.05. The number of rotatable bonds is 0. The Morgan fingerprint density at radius 1 is 1.80 bits per heavy atom. The highest BCUT2D eigenvalue weighted by atomic mass is 16.2. The van der Waals surface area contributed by atoms with Gasteiger partial charge in [-0.1, -0.05) is 6.92 Å². The molecule has 1 heterocycles. The highest BCUT2D eigenvalue weighted by molar-refractivity contribution is 6.29. The molecular formula is C6H9B2NO. The zero-order valence-electron chi connectivity index (χ0n) is 6.05. The quantitative estimate of drug-likeness (QED) is 0.453. The number of nitrogens with one attached hydrogen (secondary N) is 1. The van der Waals surface area contributed by atoms with Gasteiger partial charge in [0.25, 0.3) is 0 Å². The van der Waals surface area contributed by atoms with E-state index in [4.69, 9.17) is 15.7 Å². The molecule has 1 aliphatic heterocycles. The maximum absolute atomic E-state index is 11.0. The molecule has 1 fully saturated rings. The van der Waals surface area contributed by atoms with Gasteiger partial charge >= 0.3 is 0 Å². The van der Waals surface area contributed by atoms with E-state index in [1.54, 1.807) is 6.92 Å². The van der Waals surface area contributed by atoms with Gasteiger partial charge in [0.2, 0.25) is 5.91 Å². The van der Waals surface area contributed by atoms with Gasteiger partial charge in [0.05, 0.1) is 15.7 Å². The van der Waals surface area contributed by atoms with Gasteiger partial charge in [-0.2, -0.15) is 0 Å². The van der Waals surface area contributed by atoms with Gasteiger partial charge in [0, 0.05) is 5.31 Å².